The number of hydrogen-bond acceptors (Lipinski definition) is 5. The van der Waals surface area contributed by atoms with Crippen molar-refractivity contribution in [3.05, 3.63) is 53.1 Å². The zero-order chi connectivity index (χ0) is 17.8. The molecule has 0 radical (unpaired) electrons. The Bertz CT molecular complexity index is 725. The number of nitrogens with zero attached hydrogens (tertiary/aromatic N) is 3. The first-order chi connectivity index (χ1) is 12.8. The fourth-order valence-corrected chi connectivity index (χ4v) is 3.88. The van der Waals surface area contributed by atoms with Crippen molar-refractivity contribution in [2.24, 2.45) is 0 Å². The fourth-order valence-electron chi connectivity index (χ4n) is 3.88. The van der Waals surface area contributed by atoms with Crippen LogP contribution in [0.1, 0.15) is 54.9 Å². The largest absolute Gasteiger partial charge is 0.494 e. The molecule has 1 N–H and O–H groups in total. The van der Waals surface area contributed by atoms with Gasteiger partial charge in [-0.05, 0) is 44.0 Å². The monoisotopic (exact) mass is 352 g/mol. The van der Waals surface area contributed by atoms with E-state index in [0.717, 1.165) is 50.6 Å². The van der Waals surface area contributed by atoms with Crippen molar-refractivity contribution < 1.29 is 4.74 Å². The average molecular weight is 352 g/mol. The van der Waals surface area contributed by atoms with Crippen LogP contribution in [0.25, 0.3) is 0 Å². The maximum absolute atomic E-state index is 5.52. The summed E-state index contributed by atoms with van der Waals surface area (Å²) in [4.78, 5) is 12.0. The summed E-state index contributed by atoms with van der Waals surface area (Å²) in [6.07, 6.45) is 6.76. The van der Waals surface area contributed by atoms with Crippen molar-refractivity contribution in [1.82, 2.24) is 20.2 Å². The Kier molecular flexibility index (Phi) is 5.46. The van der Waals surface area contributed by atoms with E-state index < -0.39 is 0 Å². The van der Waals surface area contributed by atoms with Crippen LogP contribution in [0.4, 0.5) is 0 Å². The lowest BCUT2D eigenvalue weighted by atomic mass is 10.0. The van der Waals surface area contributed by atoms with Gasteiger partial charge in [-0.1, -0.05) is 18.6 Å². The molecule has 0 bridgehead atoms. The molecule has 1 saturated heterocycles. The maximum atomic E-state index is 5.52. The Balaban J connectivity index is 1.39. The SMILES string of the molecule is CCOc1ccc(CN2CCc3nc([C@@H]4CCCCN4)ncc3C2)cc1. The van der Waals surface area contributed by atoms with Gasteiger partial charge >= 0.3 is 0 Å². The molecule has 26 heavy (non-hydrogen) atoms. The Morgan fingerprint density at radius 1 is 1.23 bits per heavy atom. The van der Waals surface area contributed by atoms with Gasteiger partial charge < -0.3 is 10.1 Å². The first kappa shape index (κ1) is 17.4. The molecule has 1 fully saturated rings. The minimum atomic E-state index is 0.343. The third-order valence-corrected chi connectivity index (χ3v) is 5.29. The van der Waals surface area contributed by atoms with Crippen LogP contribution >= 0.6 is 0 Å². The lowest BCUT2D eigenvalue weighted by molar-refractivity contribution is 0.242. The van der Waals surface area contributed by atoms with Crippen molar-refractivity contribution in [1.29, 1.82) is 0 Å². The van der Waals surface area contributed by atoms with E-state index in [2.05, 4.69) is 45.7 Å². The van der Waals surface area contributed by atoms with Gasteiger partial charge in [-0.3, -0.25) is 4.90 Å². The standard InChI is InChI=1S/C21H28N4O/c1-2-26-18-8-6-16(7-9-18)14-25-12-10-19-17(15-25)13-23-21(24-19)20-5-3-4-11-22-20/h6-9,13,20,22H,2-5,10-12,14-15H2,1H3/t20-/m0/s1. The summed E-state index contributed by atoms with van der Waals surface area (Å²) in [7, 11) is 0. The Labute approximate surface area is 155 Å². The van der Waals surface area contributed by atoms with Gasteiger partial charge in [0.1, 0.15) is 11.6 Å². The molecule has 2 aliphatic rings. The smallest absolute Gasteiger partial charge is 0.145 e. The normalized spacial score (nSPS) is 20.6. The van der Waals surface area contributed by atoms with E-state index in [9.17, 15) is 0 Å². The highest BCUT2D eigenvalue weighted by molar-refractivity contribution is 5.28. The fraction of sp³-hybridized carbons (Fsp3) is 0.524. The predicted octanol–water partition coefficient (Wildman–Crippen LogP) is 3.25. The minimum absolute atomic E-state index is 0.343. The molecule has 0 amide bonds. The summed E-state index contributed by atoms with van der Waals surface area (Å²) in [5, 5.41) is 3.55. The van der Waals surface area contributed by atoms with Gasteiger partial charge in [0.05, 0.1) is 12.6 Å². The van der Waals surface area contributed by atoms with Gasteiger partial charge in [-0.2, -0.15) is 0 Å². The zero-order valence-electron chi connectivity index (χ0n) is 15.6. The molecule has 2 aliphatic heterocycles. The second-order valence-electron chi connectivity index (χ2n) is 7.24. The molecule has 1 aromatic carbocycles. The van der Waals surface area contributed by atoms with Crippen molar-refractivity contribution in [3.63, 3.8) is 0 Å². The molecular weight excluding hydrogens is 324 g/mol. The van der Waals surface area contributed by atoms with Crippen LogP contribution in [-0.2, 0) is 19.5 Å². The van der Waals surface area contributed by atoms with Crippen LogP contribution in [0.15, 0.2) is 30.5 Å². The number of fused-ring (bicyclic) bond motifs is 1. The number of rotatable bonds is 5. The number of aromatic nitrogens is 2. The van der Waals surface area contributed by atoms with Crippen LogP contribution in [0.2, 0.25) is 0 Å². The summed E-state index contributed by atoms with van der Waals surface area (Å²) in [6, 6.07) is 8.78. The number of ether oxygens (including phenoxy) is 1. The van der Waals surface area contributed by atoms with Gasteiger partial charge in [-0.25, -0.2) is 9.97 Å². The number of piperidine rings is 1. The topological polar surface area (TPSA) is 50.3 Å². The summed E-state index contributed by atoms with van der Waals surface area (Å²) in [5.74, 6) is 1.93. The Morgan fingerprint density at radius 2 is 2.12 bits per heavy atom. The van der Waals surface area contributed by atoms with Crippen LogP contribution in [0.5, 0.6) is 5.75 Å². The first-order valence-corrected chi connectivity index (χ1v) is 9.84. The van der Waals surface area contributed by atoms with Gasteiger partial charge in [0, 0.05) is 43.5 Å². The first-order valence-electron chi connectivity index (χ1n) is 9.84. The average Bonchev–Trinajstić information content (AvgIpc) is 2.70. The van der Waals surface area contributed by atoms with Crippen molar-refractivity contribution in [2.45, 2.75) is 51.7 Å². The van der Waals surface area contributed by atoms with Crippen LogP contribution in [0, 0.1) is 0 Å². The molecule has 1 aromatic heterocycles. The lowest BCUT2D eigenvalue weighted by Crippen LogP contribution is -2.33. The molecule has 2 aromatic rings. The third-order valence-electron chi connectivity index (χ3n) is 5.29. The predicted molar refractivity (Wildman–Crippen MR) is 102 cm³/mol. The van der Waals surface area contributed by atoms with E-state index in [1.807, 2.05) is 6.92 Å². The molecule has 5 nitrogen and oxygen atoms in total. The van der Waals surface area contributed by atoms with E-state index in [4.69, 9.17) is 9.72 Å². The number of nitrogens with one attached hydrogen (secondary N) is 1. The number of benzene rings is 1. The molecule has 138 valence electrons. The molecule has 5 heteroatoms. The molecule has 0 spiro atoms. The maximum Gasteiger partial charge on any atom is 0.145 e. The molecule has 3 heterocycles. The quantitative estimate of drug-likeness (QED) is 0.895. The van der Waals surface area contributed by atoms with Crippen molar-refractivity contribution in [2.75, 3.05) is 19.7 Å². The Morgan fingerprint density at radius 3 is 2.88 bits per heavy atom. The van der Waals surface area contributed by atoms with E-state index in [1.54, 1.807) is 0 Å². The lowest BCUT2D eigenvalue weighted by Gasteiger charge is -2.29. The van der Waals surface area contributed by atoms with Gasteiger partial charge in [0.2, 0.25) is 0 Å². The second-order valence-corrected chi connectivity index (χ2v) is 7.24. The molecule has 1 atom stereocenters. The number of hydrogen-bond donors (Lipinski definition) is 1. The summed E-state index contributed by atoms with van der Waals surface area (Å²) >= 11 is 0. The highest BCUT2D eigenvalue weighted by Crippen LogP contribution is 2.24. The molecule has 0 aliphatic carbocycles. The van der Waals surface area contributed by atoms with Crippen molar-refractivity contribution in [3.8, 4) is 5.75 Å². The van der Waals surface area contributed by atoms with Crippen LogP contribution in [-0.4, -0.2) is 34.6 Å². The zero-order valence-corrected chi connectivity index (χ0v) is 15.6. The van der Waals surface area contributed by atoms with Gasteiger partial charge in [-0.15, -0.1) is 0 Å². The minimum Gasteiger partial charge on any atom is -0.494 e. The molecular formula is C21H28N4O. The van der Waals surface area contributed by atoms with Gasteiger partial charge in [0.25, 0.3) is 0 Å². The van der Waals surface area contributed by atoms with Crippen LogP contribution in [0.3, 0.4) is 0 Å². The molecule has 4 rings (SSSR count). The summed E-state index contributed by atoms with van der Waals surface area (Å²) < 4.78 is 5.52. The Hall–Kier alpha value is -1.98. The molecule has 0 saturated carbocycles. The van der Waals surface area contributed by atoms with E-state index in [0.29, 0.717) is 12.6 Å². The van der Waals surface area contributed by atoms with E-state index in [1.165, 1.54) is 29.7 Å². The third kappa shape index (κ3) is 4.05. The van der Waals surface area contributed by atoms with Gasteiger partial charge in [0.15, 0.2) is 0 Å². The highest BCUT2D eigenvalue weighted by Gasteiger charge is 2.22. The van der Waals surface area contributed by atoms with E-state index in [-0.39, 0.29) is 0 Å². The summed E-state index contributed by atoms with van der Waals surface area (Å²) in [5.41, 5.74) is 3.84. The second kappa shape index (κ2) is 8.14. The molecule has 0 unspecified atom stereocenters. The summed E-state index contributed by atoms with van der Waals surface area (Å²) in [6.45, 7) is 6.74. The van der Waals surface area contributed by atoms with E-state index >= 15 is 0 Å². The van der Waals surface area contributed by atoms with Crippen LogP contribution < -0.4 is 10.1 Å². The van der Waals surface area contributed by atoms with Crippen molar-refractivity contribution >= 4 is 0 Å². The highest BCUT2D eigenvalue weighted by atomic mass is 16.5.